The Morgan fingerprint density at radius 2 is 1.82 bits per heavy atom. The fourth-order valence-corrected chi connectivity index (χ4v) is 3.56. The molecule has 0 aromatic heterocycles. The Labute approximate surface area is 104 Å². The molecule has 0 bridgehead atoms. The molecule has 1 aromatic rings. The molecule has 1 aromatic carbocycles. The van der Waals surface area contributed by atoms with Crippen LogP contribution >= 0.6 is 0 Å². The van der Waals surface area contributed by atoms with Gasteiger partial charge in [-0.3, -0.25) is 0 Å². The molecule has 3 heteroatoms. The first kappa shape index (κ1) is 13.7. The van der Waals surface area contributed by atoms with Gasteiger partial charge in [0.05, 0.1) is 0 Å². The van der Waals surface area contributed by atoms with Crippen LogP contribution in [-0.4, -0.2) is 14.3 Å². The number of hydrogen-bond donors (Lipinski definition) is 0. The molecule has 0 unspecified atom stereocenters. The Hall–Kier alpha value is -1.35. The first-order valence-corrected chi connectivity index (χ1v) is 8.92. The number of allylic oxidation sites excluding steroid dienone is 1. The summed E-state index contributed by atoms with van der Waals surface area (Å²) in [6.45, 7) is 7.92. The van der Waals surface area contributed by atoms with Crippen molar-refractivity contribution in [2.24, 2.45) is 0 Å². The molecule has 0 spiro atoms. The Kier molecular flexibility index (Phi) is 4.69. The predicted octanol–water partition coefficient (Wildman–Crippen LogP) is 3.48. The SMILES string of the molecule is CC(C)=CC(=O)O[Si](C)(C)Cc1ccccc1. The topological polar surface area (TPSA) is 26.3 Å². The molecule has 1 rings (SSSR count). The van der Waals surface area contributed by atoms with Gasteiger partial charge in [-0.2, -0.15) is 0 Å². The van der Waals surface area contributed by atoms with E-state index in [-0.39, 0.29) is 5.97 Å². The summed E-state index contributed by atoms with van der Waals surface area (Å²) in [7, 11) is -1.97. The second-order valence-corrected chi connectivity index (χ2v) is 9.14. The summed E-state index contributed by atoms with van der Waals surface area (Å²) in [5.41, 5.74) is 2.20. The van der Waals surface area contributed by atoms with Crippen LogP contribution in [0.25, 0.3) is 0 Å². The molecule has 0 N–H and O–H groups in total. The van der Waals surface area contributed by atoms with Gasteiger partial charge >= 0.3 is 5.97 Å². The molecule has 0 amide bonds. The quantitative estimate of drug-likeness (QED) is 0.602. The normalized spacial score (nSPS) is 10.8. The molecule has 0 radical (unpaired) electrons. The molecule has 0 aliphatic rings. The Morgan fingerprint density at radius 3 is 2.35 bits per heavy atom. The lowest BCUT2D eigenvalue weighted by Gasteiger charge is -2.22. The second kappa shape index (κ2) is 5.82. The van der Waals surface area contributed by atoms with Gasteiger partial charge < -0.3 is 4.43 Å². The fourth-order valence-electron chi connectivity index (χ4n) is 1.66. The van der Waals surface area contributed by atoms with E-state index in [1.807, 2.05) is 32.0 Å². The lowest BCUT2D eigenvalue weighted by molar-refractivity contribution is -0.129. The molecule has 0 heterocycles. The van der Waals surface area contributed by atoms with Crippen LogP contribution < -0.4 is 0 Å². The Bertz CT molecular complexity index is 403. The van der Waals surface area contributed by atoms with Gasteiger partial charge in [0.15, 0.2) is 0 Å². The lowest BCUT2D eigenvalue weighted by Crippen LogP contribution is -2.36. The Morgan fingerprint density at radius 1 is 1.24 bits per heavy atom. The molecule has 0 saturated carbocycles. The number of hydrogen-bond acceptors (Lipinski definition) is 2. The van der Waals surface area contributed by atoms with Crippen LogP contribution in [-0.2, 0) is 15.3 Å². The molecular formula is C14H20O2Si. The molecule has 0 atom stereocenters. The zero-order valence-corrected chi connectivity index (χ0v) is 12.0. The summed E-state index contributed by atoms with van der Waals surface area (Å²) >= 11 is 0. The monoisotopic (exact) mass is 248 g/mol. The maximum atomic E-state index is 11.6. The maximum absolute atomic E-state index is 11.6. The first-order valence-electron chi connectivity index (χ1n) is 5.81. The van der Waals surface area contributed by atoms with Gasteiger partial charge in [0.25, 0.3) is 8.32 Å². The van der Waals surface area contributed by atoms with Crippen LogP contribution in [0.2, 0.25) is 13.1 Å². The van der Waals surface area contributed by atoms with E-state index in [0.717, 1.165) is 11.6 Å². The maximum Gasteiger partial charge on any atom is 0.317 e. The van der Waals surface area contributed by atoms with Crippen molar-refractivity contribution in [1.82, 2.24) is 0 Å². The van der Waals surface area contributed by atoms with Crippen LogP contribution in [0.15, 0.2) is 42.0 Å². The summed E-state index contributed by atoms with van der Waals surface area (Å²) in [6.07, 6.45) is 1.56. The fraction of sp³-hybridized carbons (Fsp3) is 0.357. The highest BCUT2D eigenvalue weighted by Gasteiger charge is 2.26. The van der Waals surface area contributed by atoms with Gasteiger partial charge in [-0.15, -0.1) is 0 Å². The molecule has 92 valence electrons. The molecule has 17 heavy (non-hydrogen) atoms. The van der Waals surface area contributed by atoms with Crippen molar-refractivity contribution < 1.29 is 9.22 Å². The largest absolute Gasteiger partial charge is 0.516 e. The molecule has 0 fully saturated rings. The highest BCUT2D eigenvalue weighted by Crippen LogP contribution is 2.14. The standard InChI is InChI=1S/C14H20O2Si/c1-12(2)10-14(15)16-17(3,4)11-13-8-6-5-7-9-13/h5-10H,11H2,1-4H3. The third-order valence-corrected chi connectivity index (χ3v) is 4.27. The van der Waals surface area contributed by atoms with Gasteiger partial charge in [0.2, 0.25) is 0 Å². The third kappa shape index (κ3) is 5.50. The summed E-state index contributed by atoms with van der Waals surface area (Å²) in [6, 6.07) is 11.0. The highest BCUT2D eigenvalue weighted by atomic mass is 28.4. The Balaban J connectivity index is 2.63. The third-order valence-electron chi connectivity index (χ3n) is 2.26. The van der Waals surface area contributed by atoms with Crippen LogP contribution in [0.1, 0.15) is 19.4 Å². The average Bonchev–Trinajstić information content (AvgIpc) is 2.15. The number of carbonyl (C=O) groups is 1. The van der Waals surface area contributed by atoms with E-state index in [4.69, 9.17) is 4.43 Å². The van der Waals surface area contributed by atoms with Gasteiger partial charge in [-0.25, -0.2) is 4.79 Å². The van der Waals surface area contributed by atoms with E-state index in [9.17, 15) is 4.79 Å². The van der Waals surface area contributed by atoms with Crippen molar-refractivity contribution in [2.45, 2.75) is 33.0 Å². The van der Waals surface area contributed by atoms with Crippen LogP contribution in [0.3, 0.4) is 0 Å². The minimum atomic E-state index is -1.97. The second-order valence-electron chi connectivity index (χ2n) is 5.06. The molecule has 0 aliphatic heterocycles. The minimum absolute atomic E-state index is 0.211. The van der Waals surface area contributed by atoms with Crippen molar-refractivity contribution in [3.05, 3.63) is 47.5 Å². The van der Waals surface area contributed by atoms with E-state index in [0.29, 0.717) is 0 Å². The first-order chi connectivity index (χ1) is 7.89. The molecular weight excluding hydrogens is 228 g/mol. The van der Waals surface area contributed by atoms with E-state index in [1.165, 1.54) is 5.56 Å². The number of carbonyl (C=O) groups excluding carboxylic acids is 1. The summed E-state index contributed by atoms with van der Waals surface area (Å²) in [5, 5.41) is 0. The van der Waals surface area contributed by atoms with Gasteiger partial charge in [-0.05, 0) is 32.5 Å². The summed E-state index contributed by atoms with van der Waals surface area (Å²) in [5.74, 6) is -0.211. The van der Waals surface area contributed by atoms with Crippen LogP contribution in [0, 0.1) is 0 Å². The van der Waals surface area contributed by atoms with Crippen molar-refractivity contribution in [1.29, 1.82) is 0 Å². The van der Waals surface area contributed by atoms with Crippen molar-refractivity contribution in [3.63, 3.8) is 0 Å². The summed E-state index contributed by atoms with van der Waals surface area (Å²) < 4.78 is 5.58. The molecule has 0 aliphatic carbocycles. The van der Waals surface area contributed by atoms with E-state index >= 15 is 0 Å². The average molecular weight is 248 g/mol. The van der Waals surface area contributed by atoms with E-state index < -0.39 is 8.32 Å². The number of benzene rings is 1. The lowest BCUT2D eigenvalue weighted by atomic mass is 10.2. The zero-order chi connectivity index (χ0) is 12.9. The van der Waals surface area contributed by atoms with Gasteiger partial charge in [-0.1, -0.05) is 35.9 Å². The van der Waals surface area contributed by atoms with E-state index in [1.54, 1.807) is 6.08 Å². The summed E-state index contributed by atoms with van der Waals surface area (Å²) in [4.78, 5) is 11.6. The van der Waals surface area contributed by atoms with Crippen molar-refractivity contribution >= 4 is 14.3 Å². The number of rotatable bonds is 4. The minimum Gasteiger partial charge on any atom is -0.516 e. The van der Waals surface area contributed by atoms with Gasteiger partial charge in [0, 0.05) is 12.1 Å². The highest BCUT2D eigenvalue weighted by molar-refractivity contribution is 6.72. The van der Waals surface area contributed by atoms with Crippen molar-refractivity contribution in [2.75, 3.05) is 0 Å². The van der Waals surface area contributed by atoms with E-state index in [2.05, 4.69) is 25.2 Å². The zero-order valence-electron chi connectivity index (χ0n) is 11.0. The smallest absolute Gasteiger partial charge is 0.317 e. The molecule has 2 nitrogen and oxygen atoms in total. The van der Waals surface area contributed by atoms with Crippen LogP contribution in [0.4, 0.5) is 0 Å². The van der Waals surface area contributed by atoms with Gasteiger partial charge in [0.1, 0.15) is 0 Å². The predicted molar refractivity (Wildman–Crippen MR) is 73.2 cm³/mol. The molecule has 0 saturated heterocycles. The van der Waals surface area contributed by atoms with Crippen LogP contribution in [0.5, 0.6) is 0 Å². The van der Waals surface area contributed by atoms with Crippen molar-refractivity contribution in [3.8, 4) is 0 Å².